The number of halogens is 3. The van der Waals surface area contributed by atoms with Gasteiger partial charge >= 0.3 is 0 Å². The van der Waals surface area contributed by atoms with Crippen molar-refractivity contribution in [1.29, 1.82) is 0 Å². The molecule has 0 amide bonds. The Morgan fingerprint density at radius 3 is 0.949 bits per heavy atom. The van der Waals surface area contributed by atoms with Gasteiger partial charge in [0.2, 0.25) is 0 Å². The standard InChI is InChI=1S/3C25H26BrN5O2/c3*1-13-17-5-7-31(24(17)29-12-28-13)20-11-25(22(33)21(20)32)6-4-16(10-25)14-2-3-15-8-18(26)23(27)30-19(15)9-14/h3*2-3,5,7-9,12,16,20-22,32-33H,4,6,10-11H2,1H3,(H2,27,30)/t2*16-,20+,21-,22-,25-;16-,20-,21+,22+,25+/m001/s1. The Bertz CT molecular complexity index is 4670. The Labute approximate surface area is 595 Å². The molecule has 21 nitrogen and oxygen atoms in total. The van der Waals surface area contributed by atoms with Crippen LogP contribution in [-0.4, -0.2) is 126 Å². The number of hydrogen-bond acceptors (Lipinski definition) is 18. The van der Waals surface area contributed by atoms with Gasteiger partial charge in [0.05, 0.1) is 83.5 Å². The van der Waals surface area contributed by atoms with Gasteiger partial charge in [0, 0.05) is 67.2 Å². The van der Waals surface area contributed by atoms with E-state index in [1.54, 1.807) is 19.0 Å². The molecule has 0 radical (unpaired) electrons. The van der Waals surface area contributed by atoms with Crippen molar-refractivity contribution in [3.63, 3.8) is 0 Å². The first kappa shape index (κ1) is 65.9. The van der Waals surface area contributed by atoms with Gasteiger partial charge in [-0.3, -0.25) is 0 Å². The monoisotopic (exact) mass is 1520 g/mol. The number of benzene rings is 3. The number of aliphatic hydroxyl groups is 6. The Morgan fingerprint density at radius 2 is 0.667 bits per heavy atom. The molecule has 12 N–H and O–H groups in total. The number of aliphatic hydroxyl groups excluding tert-OH is 6. The SMILES string of the molecule is Cc1ncnc2c1ccn2[C@@H]1C[C@@]2(CC[C@@H](c3ccc4cc(Br)c(N)nc4c3)C2)[C@@H](O)[C@H]1O.Cc1ncnc2c1ccn2[C@@H]1C[C@@]2(CC[C@H](c3ccc4cc(Br)c(N)nc4c3)C2)[C@@H](O)[C@H]1O.Cc1ncnc2c1ccn2[C@@H]1C[C@@]2(CC[C@H](c3ccc4cc(Br)c(N)nc4c3)C2)[C@@H](O)[C@H]1O. The van der Waals surface area contributed by atoms with Crippen LogP contribution < -0.4 is 17.2 Å². The lowest BCUT2D eigenvalue weighted by Crippen LogP contribution is -2.35. The second kappa shape index (κ2) is 25.2. The molecule has 3 spiro atoms. The number of hydrogen-bond donors (Lipinski definition) is 9. The van der Waals surface area contributed by atoms with Gasteiger partial charge in [0.25, 0.3) is 0 Å². The summed E-state index contributed by atoms with van der Waals surface area (Å²) in [5.74, 6) is 2.39. The van der Waals surface area contributed by atoms with Crippen LogP contribution in [0.15, 0.2) is 142 Å². The van der Waals surface area contributed by atoms with Crippen molar-refractivity contribution in [2.45, 2.75) is 170 Å². The molecule has 15 atom stereocenters. The van der Waals surface area contributed by atoms with Crippen LogP contribution in [0.4, 0.5) is 17.5 Å². The van der Waals surface area contributed by atoms with E-state index in [0.717, 1.165) is 173 Å². The van der Waals surface area contributed by atoms with Gasteiger partial charge in [-0.2, -0.15) is 0 Å². The summed E-state index contributed by atoms with van der Waals surface area (Å²) in [4.78, 5) is 39.8. The Kier molecular flexibility index (Phi) is 16.7. The fourth-order valence-corrected chi connectivity index (χ4v) is 19.5. The van der Waals surface area contributed by atoms with E-state index in [1.165, 1.54) is 16.7 Å². The second-order valence-electron chi connectivity index (χ2n) is 29.2. The molecule has 6 aliphatic rings. The highest BCUT2D eigenvalue weighted by molar-refractivity contribution is 9.11. The summed E-state index contributed by atoms with van der Waals surface area (Å²) in [6.07, 6.45) is 16.1. The van der Waals surface area contributed by atoms with E-state index in [0.29, 0.717) is 35.2 Å². The maximum atomic E-state index is 11.2. The lowest BCUT2D eigenvalue weighted by Gasteiger charge is -2.28. The van der Waals surface area contributed by atoms with E-state index in [1.807, 2.05) is 89.5 Å². The summed E-state index contributed by atoms with van der Waals surface area (Å²) < 4.78 is 8.49. The van der Waals surface area contributed by atoms with Crippen molar-refractivity contribution in [2.75, 3.05) is 17.2 Å². The van der Waals surface area contributed by atoms with E-state index in [9.17, 15) is 30.6 Å². The Balaban J connectivity index is 0.000000116. The molecule has 24 heteroatoms. The zero-order valence-corrected chi connectivity index (χ0v) is 59.7. The number of rotatable bonds is 6. The largest absolute Gasteiger partial charge is 0.390 e. The van der Waals surface area contributed by atoms with Crippen LogP contribution >= 0.6 is 47.8 Å². The molecule has 510 valence electrons. The molecule has 6 aliphatic carbocycles. The first-order valence-corrected chi connectivity index (χ1v) is 36.5. The van der Waals surface area contributed by atoms with Gasteiger partial charge in [0.15, 0.2) is 0 Å². The minimum Gasteiger partial charge on any atom is -0.390 e. The molecule has 0 unspecified atom stereocenters. The zero-order chi connectivity index (χ0) is 68.7. The smallest absolute Gasteiger partial charge is 0.143 e. The van der Waals surface area contributed by atoms with Gasteiger partial charge < -0.3 is 61.5 Å². The van der Waals surface area contributed by atoms with Crippen LogP contribution in [0.25, 0.3) is 65.8 Å². The first-order chi connectivity index (χ1) is 47.6. The van der Waals surface area contributed by atoms with Crippen molar-refractivity contribution < 1.29 is 30.6 Å². The zero-order valence-electron chi connectivity index (χ0n) is 55.0. The van der Waals surface area contributed by atoms with E-state index >= 15 is 0 Å². The highest BCUT2D eigenvalue weighted by Crippen LogP contribution is 2.62. The van der Waals surface area contributed by atoms with Crippen LogP contribution in [-0.2, 0) is 0 Å². The summed E-state index contributed by atoms with van der Waals surface area (Å²) in [6, 6.07) is 30.4. The maximum absolute atomic E-state index is 11.2. The number of aromatic nitrogens is 12. The van der Waals surface area contributed by atoms with Crippen molar-refractivity contribution in [3.8, 4) is 0 Å². The highest BCUT2D eigenvalue weighted by Gasteiger charge is 2.59. The summed E-state index contributed by atoms with van der Waals surface area (Å²) in [5.41, 5.74) is 28.5. The molecule has 9 aromatic heterocycles. The summed E-state index contributed by atoms with van der Waals surface area (Å²) in [5, 5.41) is 73.0. The molecule has 6 saturated carbocycles. The van der Waals surface area contributed by atoms with Crippen LogP contribution in [0, 0.1) is 37.0 Å². The lowest BCUT2D eigenvalue weighted by molar-refractivity contribution is -0.0260. The summed E-state index contributed by atoms with van der Waals surface area (Å²) in [6.45, 7) is 5.88. The topological polar surface area (TPSA) is 330 Å². The fourth-order valence-electron chi connectivity index (χ4n) is 18.5. The molecule has 0 bridgehead atoms. The molecule has 9 heterocycles. The molecule has 12 aromatic rings. The van der Waals surface area contributed by atoms with Gasteiger partial charge in [-0.15, -0.1) is 0 Å². The maximum Gasteiger partial charge on any atom is 0.143 e. The van der Waals surface area contributed by atoms with Gasteiger partial charge in [-0.05, 0) is 235 Å². The molecular weight excluding hydrogens is 1450 g/mol. The highest BCUT2D eigenvalue weighted by atomic mass is 79.9. The van der Waals surface area contributed by atoms with Gasteiger partial charge in [-0.25, -0.2) is 44.9 Å². The molecular formula is C75H78Br3N15O6. The van der Waals surface area contributed by atoms with Crippen molar-refractivity contribution in [3.05, 3.63) is 176 Å². The van der Waals surface area contributed by atoms with Crippen LogP contribution in [0.3, 0.4) is 0 Å². The molecule has 18 rings (SSSR count). The van der Waals surface area contributed by atoms with E-state index in [2.05, 4.69) is 147 Å². The predicted molar refractivity (Wildman–Crippen MR) is 392 cm³/mol. The first-order valence-electron chi connectivity index (χ1n) is 34.1. The van der Waals surface area contributed by atoms with Crippen molar-refractivity contribution >= 4 is 131 Å². The normalized spacial score (nSPS) is 29.6. The average molecular weight is 1530 g/mol. The van der Waals surface area contributed by atoms with E-state index < -0.39 is 36.6 Å². The molecule has 6 fully saturated rings. The van der Waals surface area contributed by atoms with Gasteiger partial charge in [0.1, 0.15) is 71.7 Å². The molecule has 0 aliphatic heterocycles. The molecule has 0 saturated heterocycles. The number of nitrogen functional groups attached to an aromatic ring is 3. The Morgan fingerprint density at radius 1 is 0.384 bits per heavy atom. The average Bonchev–Trinajstić information content (AvgIpc) is 1.69. The molecule has 3 aromatic carbocycles. The minimum absolute atomic E-state index is 0.207. The van der Waals surface area contributed by atoms with Gasteiger partial charge in [-0.1, -0.05) is 36.4 Å². The van der Waals surface area contributed by atoms with Crippen LogP contribution in [0.2, 0.25) is 0 Å². The third-order valence-corrected chi connectivity index (χ3v) is 25.8. The number of pyridine rings is 3. The number of nitrogens with two attached hydrogens (primary N) is 3. The number of nitrogens with zero attached hydrogens (tertiary/aromatic N) is 12. The minimum atomic E-state index is -0.829. The Hall–Kier alpha value is -7.65. The third kappa shape index (κ3) is 11.3. The third-order valence-electron chi connectivity index (χ3n) is 23.9. The predicted octanol–water partition coefficient (Wildman–Crippen LogP) is 12.8. The van der Waals surface area contributed by atoms with Crippen molar-refractivity contribution in [2.24, 2.45) is 16.2 Å². The number of fused-ring (bicyclic) bond motifs is 6. The number of aryl methyl sites for hydroxylation is 3. The summed E-state index contributed by atoms with van der Waals surface area (Å²) >= 11 is 10.3. The summed E-state index contributed by atoms with van der Waals surface area (Å²) in [7, 11) is 0. The van der Waals surface area contributed by atoms with Crippen LogP contribution in [0.5, 0.6) is 0 Å². The number of anilines is 3. The molecule has 99 heavy (non-hydrogen) atoms. The van der Waals surface area contributed by atoms with E-state index in [-0.39, 0.29) is 34.4 Å². The quantitative estimate of drug-likeness (QED) is 0.0747. The lowest BCUT2D eigenvalue weighted by atomic mass is 9.80. The van der Waals surface area contributed by atoms with E-state index in [4.69, 9.17) is 17.2 Å². The second-order valence-corrected chi connectivity index (χ2v) is 31.8. The van der Waals surface area contributed by atoms with Crippen molar-refractivity contribution in [1.82, 2.24) is 58.6 Å². The van der Waals surface area contributed by atoms with Crippen LogP contribution in [0.1, 0.15) is 147 Å². The fraction of sp³-hybridized carbons (Fsp3) is 0.400.